The molecular weight excluding hydrogens is 293 g/mol. The van der Waals surface area contributed by atoms with Crippen molar-refractivity contribution in [3.63, 3.8) is 0 Å². The second kappa shape index (κ2) is 6.25. The van der Waals surface area contributed by atoms with Gasteiger partial charge in [0.15, 0.2) is 0 Å². The molecule has 4 nitrogen and oxygen atoms in total. The normalized spacial score (nSPS) is 9.95. The summed E-state index contributed by atoms with van der Waals surface area (Å²) in [5.41, 5.74) is 6.54. The fourth-order valence-corrected chi connectivity index (χ4v) is 1.95. The van der Waals surface area contributed by atoms with Crippen LogP contribution in [0, 0.1) is 17.1 Å². The first-order valence-corrected chi connectivity index (χ1v) is 6.41. The Kier molecular flexibility index (Phi) is 4.41. The number of halogens is 2. The minimum absolute atomic E-state index is 0.112. The van der Waals surface area contributed by atoms with Crippen molar-refractivity contribution in [2.45, 2.75) is 6.54 Å². The van der Waals surface area contributed by atoms with Crippen molar-refractivity contribution >= 4 is 23.2 Å². The molecule has 0 saturated carbocycles. The van der Waals surface area contributed by atoms with Gasteiger partial charge in [-0.2, -0.15) is 5.26 Å². The molecule has 2 aromatic carbocycles. The smallest absolute Gasteiger partial charge is 0.248 e. The average molecular weight is 304 g/mol. The van der Waals surface area contributed by atoms with E-state index in [2.05, 4.69) is 5.32 Å². The number of hydrogen-bond donors (Lipinski definition) is 2. The van der Waals surface area contributed by atoms with Gasteiger partial charge in [-0.05, 0) is 30.3 Å². The minimum atomic E-state index is -0.682. The molecule has 106 valence electrons. The van der Waals surface area contributed by atoms with Gasteiger partial charge in [0, 0.05) is 17.7 Å². The fourth-order valence-electron chi connectivity index (χ4n) is 1.76. The Morgan fingerprint density at radius 2 is 2.10 bits per heavy atom. The van der Waals surface area contributed by atoms with Crippen LogP contribution in [-0.4, -0.2) is 5.91 Å². The van der Waals surface area contributed by atoms with Gasteiger partial charge in [-0.25, -0.2) is 4.39 Å². The van der Waals surface area contributed by atoms with Crippen LogP contribution in [0.2, 0.25) is 5.02 Å². The maximum absolute atomic E-state index is 13.8. The van der Waals surface area contributed by atoms with Crippen LogP contribution >= 0.6 is 11.6 Å². The first-order valence-electron chi connectivity index (χ1n) is 6.03. The molecule has 0 unspecified atom stereocenters. The van der Waals surface area contributed by atoms with Crippen molar-refractivity contribution in [2.75, 3.05) is 5.32 Å². The number of nitriles is 1. The van der Waals surface area contributed by atoms with Crippen LogP contribution in [0.4, 0.5) is 10.1 Å². The quantitative estimate of drug-likeness (QED) is 0.911. The van der Waals surface area contributed by atoms with E-state index >= 15 is 0 Å². The number of anilines is 1. The molecule has 0 aliphatic carbocycles. The zero-order chi connectivity index (χ0) is 15.4. The van der Waals surface area contributed by atoms with E-state index in [1.54, 1.807) is 18.2 Å². The van der Waals surface area contributed by atoms with E-state index in [1.165, 1.54) is 12.1 Å². The number of amides is 1. The minimum Gasteiger partial charge on any atom is -0.380 e. The Bertz CT molecular complexity index is 740. The van der Waals surface area contributed by atoms with Gasteiger partial charge in [0.05, 0.1) is 22.3 Å². The van der Waals surface area contributed by atoms with E-state index < -0.39 is 11.7 Å². The molecule has 6 heteroatoms. The van der Waals surface area contributed by atoms with Gasteiger partial charge in [0.1, 0.15) is 5.82 Å². The molecule has 0 atom stereocenters. The molecule has 2 aromatic rings. The van der Waals surface area contributed by atoms with Gasteiger partial charge in [-0.3, -0.25) is 4.79 Å². The molecule has 21 heavy (non-hydrogen) atoms. The van der Waals surface area contributed by atoms with E-state index in [0.717, 1.165) is 6.07 Å². The van der Waals surface area contributed by atoms with Crippen LogP contribution in [0.15, 0.2) is 36.4 Å². The molecule has 0 aliphatic rings. The average Bonchev–Trinajstić information content (AvgIpc) is 2.47. The van der Waals surface area contributed by atoms with Gasteiger partial charge in [-0.15, -0.1) is 0 Å². The zero-order valence-electron chi connectivity index (χ0n) is 10.9. The summed E-state index contributed by atoms with van der Waals surface area (Å²) < 4.78 is 13.8. The summed E-state index contributed by atoms with van der Waals surface area (Å²) in [7, 11) is 0. The van der Waals surface area contributed by atoms with Crippen molar-refractivity contribution in [1.29, 1.82) is 5.26 Å². The third-order valence-corrected chi connectivity index (χ3v) is 3.23. The van der Waals surface area contributed by atoms with Crippen LogP contribution in [-0.2, 0) is 6.54 Å². The van der Waals surface area contributed by atoms with E-state index in [1.807, 2.05) is 6.07 Å². The Hall–Kier alpha value is -2.58. The lowest BCUT2D eigenvalue weighted by atomic mass is 10.1. The van der Waals surface area contributed by atoms with E-state index in [0.29, 0.717) is 21.8 Å². The number of rotatable bonds is 4. The van der Waals surface area contributed by atoms with Crippen LogP contribution < -0.4 is 11.1 Å². The summed E-state index contributed by atoms with van der Waals surface area (Å²) in [5, 5.41) is 12.2. The van der Waals surface area contributed by atoms with Crippen LogP contribution in [0.25, 0.3) is 0 Å². The first-order chi connectivity index (χ1) is 10.0. The Morgan fingerprint density at radius 3 is 2.71 bits per heavy atom. The number of primary amides is 1. The molecule has 0 aliphatic heterocycles. The highest BCUT2D eigenvalue weighted by Crippen LogP contribution is 2.23. The largest absolute Gasteiger partial charge is 0.380 e. The summed E-state index contributed by atoms with van der Waals surface area (Å²) in [5.74, 6) is -1.22. The number of hydrogen-bond acceptors (Lipinski definition) is 3. The monoisotopic (exact) mass is 303 g/mol. The Morgan fingerprint density at radius 1 is 1.33 bits per heavy atom. The molecule has 0 fully saturated rings. The van der Waals surface area contributed by atoms with Crippen LogP contribution in [0.3, 0.4) is 0 Å². The fraction of sp³-hybridized carbons (Fsp3) is 0.0667. The Labute approximate surface area is 125 Å². The summed E-state index contributed by atoms with van der Waals surface area (Å²) in [4.78, 5) is 11.0. The van der Waals surface area contributed by atoms with Crippen molar-refractivity contribution in [2.24, 2.45) is 5.73 Å². The molecule has 0 heterocycles. The number of nitrogens with zero attached hydrogens (tertiary/aromatic N) is 1. The first kappa shape index (κ1) is 14.8. The standard InChI is InChI=1S/C15H11ClFN3O/c16-12-4-1-9(7-18)5-14(12)20-8-11-3-2-10(15(19)21)6-13(11)17/h1-6,20H,8H2,(H2,19,21). The highest BCUT2D eigenvalue weighted by atomic mass is 35.5. The van der Waals surface area contributed by atoms with E-state index in [4.69, 9.17) is 22.6 Å². The zero-order valence-corrected chi connectivity index (χ0v) is 11.6. The molecule has 3 N–H and O–H groups in total. The lowest BCUT2D eigenvalue weighted by Gasteiger charge is -2.10. The van der Waals surface area contributed by atoms with Crippen molar-refractivity contribution in [3.05, 3.63) is 63.9 Å². The summed E-state index contributed by atoms with van der Waals surface area (Å²) in [6, 6.07) is 10.8. The molecule has 0 bridgehead atoms. The molecule has 0 aromatic heterocycles. The number of nitrogens with two attached hydrogens (primary N) is 1. The van der Waals surface area contributed by atoms with Gasteiger partial charge < -0.3 is 11.1 Å². The predicted octanol–water partition coefficient (Wildman–Crippen LogP) is 3.06. The highest BCUT2D eigenvalue weighted by Gasteiger charge is 2.08. The van der Waals surface area contributed by atoms with Gasteiger partial charge in [0.2, 0.25) is 5.91 Å². The molecular formula is C15H11ClFN3O. The van der Waals surface area contributed by atoms with Gasteiger partial charge in [0.25, 0.3) is 0 Å². The third kappa shape index (κ3) is 3.50. The summed E-state index contributed by atoms with van der Waals surface area (Å²) in [6.07, 6.45) is 0. The summed E-state index contributed by atoms with van der Waals surface area (Å²) in [6.45, 7) is 0.166. The predicted molar refractivity (Wildman–Crippen MR) is 78.4 cm³/mol. The van der Waals surface area contributed by atoms with Gasteiger partial charge >= 0.3 is 0 Å². The molecule has 2 rings (SSSR count). The van der Waals surface area contributed by atoms with Crippen molar-refractivity contribution < 1.29 is 9.18 Å². The second-order valence-electron chi connectivity index (χ2n) is 4.33. The van der Waals surface area contributed by atoms with Crippen molar-refractivity contribution in [3.8, 4) is 6.07 Å². The number of carbonyl (C=O) groups excluding carboxylic acids is 1. The lowest BCUT2D eigenvalue weighted by molar-refractivity contribution is 0.1000. The van der Waals surface area contributed by atoms with E-state index in [-0.39, 0.29) is 12.1 Å². The molecule has 0 saturated heterocycles. The van der Waals surface area contributed by atoms with Crippen LogP contribution in [0.1, 0.15) is 21.5 Å². The molecule has 1 amide bonds. The van der Waals surface area contributed by atoms with E-state index in [9.17, 15) is 9.18 Å². The molecule has 0 radical (unpaired) electrons. The molecule has 0 spiro atoms. The SMILES string of the molecule is N#Cc1ccc(Cl)c(NCc2ccc(C(N)=O)cc2F)c1. The number of carbonyl (C=O) groups is 1. The second-order valence-corrected chi connectivity index (χ2v) is 4.74. The topological polar surface area (TPSA) is 78.9 Å². The maximum Gasteiger partial charge on any atom is 0.248 e. The maximum atomic E-state index is 13.8. The van der Waals surface area contributed by atoms with Crippen molar-refractivity contribution in [1.82, 2.24) is 0 Å². The highest BCUT2D eigenvalue weighted by molar-refractivity contribution is 6.33. The summed E-state index contributed by atoms with van der Waals surface area (Å²) >= 11 is 6.00. The number of benzene rings is 2. The van der Waals surface area contributed by atoms with Gasteiger partial charge in [-0.1, -0.05) is 17.7 Å². The van der Waals surface area contributed by atoms with Crippen LogP contribution in [0.5, 0.6) is 0 Å². The third-order valence-electron chi connectivity index (χ3n) is 2.90. The number of nitrogens with one attached hydrogen (secondary N) is 1. The lowest BCUT2D eigenvalue weighted by Crippen LogP contribution is -2.12. The Balaban J connectivity index is 2.17.